The summed E-state index contributed by atoms with van der Waals surface area (Å²) >= 11 is 0. The van der Waals surface area contributed by atoms with E-state index in [9.17, 15) is 0 Å². The molecule has 0 radical (unpaired) electrons. The van der Waals surface area contributed by atoms with Crippen LogP contribution in [0.4, 0.5) is 11.4 Å². The SMILES string of the molecule is c1ccc(COc2ccc(Nc3ccc(Cc4ncc5ccccc5n4)cc3)cc2)cc1. The largest absolute Gasteiger partial charge is 0.489 e. The molecule has 0 saturated heterocycles. The first-order valence-electron chi connectivity index (χ1n) is 10.7. The number of hydrogen-bond donors (Lipinski definition) is 1. The molecule has 4 heteroatoms. The fourth-order valence-electron chi connectivity index (χ4n) is 3.53. The first-order valence-corrected chi connectivity index (χ1v) is 10.7. The normalized spacial score (nSPS) is 10.8. The van der Waals surface area contributed by atoms with Crippen molar-refractivity contribution in [3.63, 3.8) is 0 Å². The number of benzene rings is 4. The van der Waals surface area contributed by atoms with Gasteiger partial charge in [0.1, 0.15) is 18.2 Å². The third kappa shape index (κ3) is 4.93. The third-order valence-corrected chi connectivity index (χ3v) is 5.25. The molecule has 1 aromatic heterocycles. The van der Waals surface area contributed by atoms with Crippen LogP contribution < -0.4 is 10.1 Å². The van der Waals surface area contributed by atoms with Crippen LogP contribution in [0.1, 0.15) is 17.0 Å². The summed E-state index contributed by atoms with van der Waals surface area (Å²) in [4.78, 5) is 9.16. The van der Waals surface area contributed by atoms with E-state index in [1.807, 2.05) is 72.9 Å². The molecule has 5 rings (SSSR count). The number of ether oxygens (including phenoxy) is 1. The van der Waals surface area contributed by atoms with Gasteiger partial charge in [0, 0.05) is 29.4 Å². The molecule has 4 nitrogen and oxygen atoms in total. The van der Waals surface area contributed by atoms with Crippen molar-refractivity contribution in [1.82, 2.24) is 9.97 Å². The highest BCUT2D eigenvalue weighted by Crippen LogP contribution is 2.22. The molecule has 156 valence electrons. The predicted octanol–water partition coefficient (Wildman–Crippen LogP) is 6.54. The molecular weight excluding hydrogens is 394 g/mol. The third-order valence-electron chi connectivity index (χ3n) is 5.25. The number of nitrogens with zero attached hydrogens (tertiary/aromatic N) is 2. The lowest BCUT2D eigenvalue weighted by Crippen LogP contribution is -1.97. The highest BCUT2D eigenvalue weighted by Gasteiger charge is 2.03. The second-order valence-electron chi connectivity index (χ2n) is 7.64. The maximum absolute atomic E-state index is 5.86. The van der Waals surface area contributed by atoms with E-state index in [4.69, 9.17) is 4.74 Å². The fourth-order valence-corrected chi connectivity index (χ4v) is 3.53. The molecule has 1 N–H and O–H groups in total. The van der Waals surface area contributed by atoms with Crippen LogP contribution in [-0.2, 0) is 13.0 Å². The first-order chi connectivity index (χ1) is 15.8. The van der Waals surface area contributed by atoms with Crippen molar-refractivity contribution in [2.75, 3.05) is 5.32 Å². The summed E-state index contributed by atoms with van der Waals surface area (Å²) in [6.07, 6.45) is 2.60. The van der Waals surface area contributed by atoms with Crippen LogP contribution >= 0.6 is 0 Å². The fraction of sp³-hybridized carbons (Fsp3) is 0.0714. The lowest BCUT2D eigenvalue weighted by Gasteiger charge is -2.10. The molecule has 0 aliphatic carbocycles. The van der Waals surface area contributed by atoms with Gasteiger partial charge in [0.05, 0.1) is 5.52 Å². The van der Waals surface area contributed by atoms with Crippen LogP contribution in [0.25, 0.3) is 10.9 Å². The van der Waals surface area contributed by atoms with Crippen LogP contribution in [0.15, 0.2) is 109 Å². The molecule has 0 fully saturated rings. The van der Waals surface area contributed by atoms with Gasteiger partial charge in [-0.3, -0.25) is 0 Å². The summed E-state index contributed by atoms with van der Waals surface area (Å²) < 4.78 is 5.86. The molecule has 1 heterocycles. The highest BCUT2D eigenvalue weighted by molar-refractivity contribution is 5.77. The molecular formula is C28H23N3O. The number of aromatic nitrogens is 2. The van der Waals surface area contributed by atoms with Crippen molar-refractivity contribution < 1.29 is 4.74 Å². The van der Waals surface area contributed by atoms with Crippen LogP contribution in [0.2, 0.25) is 0 Å². The van der Waals surface area contributed by atoms with Gasteiger partial charge >= 0.3 is 0 Å². The Hall–Kier alpha value is -4.18. The average Bonchev–Trinajstić information content (AvgIpc) is 2.85. The van der Waals surface area contributed by atoms with Gasteiger partial charge in [-0.1, -0.05) is 60.7 Å². The highest BCUT2D eigenvalue weighted by atomic mass is 16.5. The van der Waals surface area contributed by atoms with Crippen molar-refractivity contribution in [1.29, 1.82) is 0 Å². The molecule has 0 bridgehead atoms. The smallest absolute Gasteiger partial charge is 0.133 e. The Morgan fingerprint density at radius 3 is 2.12 bits per heavy atom. The zero-order valence-electron chi connectivity index (χ0n) is 17.6. The van der Waals surface area contributed by atoms with E-state index < -0.39 is 0 Å². The Morgan fingerprint density at radius 1 is 0.656 bits per heavy atom. The molecule has 32 heavy (non-hydrogen) atoms. The number of nitrogens with one attached hydrogen (secondary N) is 1. The zero-order valence-corrected chi connectivity index (χ0v) is 17.6. The lowest BCUT2D eigenvalue weighted by molar-refractivity contribution is 0.306. The van der Waals surface area contributed by atoms with Gasteiger partial charge in [-0.05, 0) is 53.6 Å². The van der Waals surface area contributed by atoms with E-state index in [1.54, 1.807) is 0 Å². The Labute approximate surface area is 187 Å². The Kier molecular flexibility index (Phi) is 5.75. The molecule has 0 aliphatic rings. The van der Waals surface area contributed by atoms with Crippen molar-refractivity contribution in [3.8, 4) is 5.75 Å². The van der Waals surface area contributed by atoms with Gasteiger partial charge in [0.2, 0.25) is 0 Å². The van der Waals surface area contributed by atoms with Gasteiger partial charge in [-0.15, -0.1) is 0 Å². The molecule has 4 aromatic carbocycles. The van der Waals surface area contributed by atoms with E-state index in [0.29, 0.717) is 13.0 Å². The van der Waals surface area contributed by atoms with Crippen molar-refractivity contribution in [2.45, 2.75) is 13.0 Å². The topological polar surface area (TPSA) is 47.0 Å². The summed E-state index contributed by atoms with van der Waals surface area (Å²) in [6, 6.07) is 34.6. The molecule has 0 unspecified atom stereocenters. The van der Waals surface area contributed by atoms with Gasteiger partial charge < -0.3 is 10.1 Å². The molecule has 0 saturated carbocycles. The quantitative estimate of drug-likeness (QED) is 0.326. The zero-order chi connectivity index (χ0) is 21.6. The molecule has 0 aliphatic heterocycles. The number of hydrogen-bond acceptors (Lipinski definition) is 4. The molecule has 0 spiro atoms. The van der Waals surface area contributed by atoms with E-state index in [1.165, 1.54) is 5.56 Å². The van der Waals surface area contributed by atoms with Crippen molar-refractivity contribution in [2.24, 2.45) is 0 Å². The Balaban J connectivity index is 1.18. The van der Waals surface area contributed by atoms with Crippen LogP contribution in [0.5, 0.6) is 5.75 Å². The second kappa shape index (κ2) is 9.31. The lowest BCUT2D eigenvalue weighted by atomic mass is 10.1. The Morgan fingerprint density at radius 2 is 1.34 bits per heavy atom. The second-order valence-corrected chi connectivity index (χ2v) is 7.64. The van der Waals surface area contributed by atoms with Crippen LogP contribution in [0.3, 0.4) is 0 Å². The number of para-hydroxylation sites is 1. The minimum Gasteiger partial charge on any atom is -0.489 e. The van der Waals surface area contributed by atoms with Gasteiger partial charge in [0.25, 0.3) is 0 Å². The van der Waals surface area contributed by atoms with E-state index in [0.717, 1.165) is 39.4 Å². The average molecular weight is 418 g/mol. The molecule has 5 aromatic rings. The van der Waals surface area contributed by atoms with Gasteiger partial charge in [0.15, 0.2) is 0 Å². The summed E-state index contributed by atoms with van der Waals surface area (Å²) in [5, 5.41) is 4.50. The monoisotopic (exact) mass is 417 g/mol. The number of fused-ring (bicyclic) bond motifs is 1. The summed E-state index contributed by atoms with van der Waals surface area (Å²) in [7, 11) is 0. The van der Waals surface area contributed by atoms with E-state index in [2.05, 4.69) is 51.7 Å². The minimum atomic E-state index is 0.565. The first kappa shape index (κ1) is 19.8. The van der Waals surface area contributed by atoms with Crippen LogP contribution in [0, 0.1) is 0 Å². The summed E-state index contributed by atoms with van der Waals surface area (Å²) in [5.74, 6) is 1.68. The minimum absolute atomic E-state index is 0.565. The van der Waals surface area contributed by atoms with Crippen LogP contribution in [-0.4, -0.2) is 9.97 Å². The molecule has 0 atom stereocenters. The predicted molar refractivity (Wildman–Crippen MR) is 129 cm³/mol. The van der Waals surface area contributed by atoms with Crippen molar-refractivity contribution in [3.05, 3.63) is 126 Å². The summed E-state index contributed by atoms with van der Waals surface area (Å²) in [6.45, 7) is 0.565. The van der Waals surface area contributed by atoms with Gasteiger partial charge in [-0.25, -0.2) is 9.97 Å². The summed E-state index contributed by atoms with van der Waals surface area (Å²) in [5.41, 5.74) is 5.36. The van der Waals surface area contributed by atoms with E-state index in [-0.39, 0.29) is 0 Å². The maximum Gasteiger partial charge on any atom is 0.133 e. The number of rotatable bonds is 7. The van der Waals surface area contributed by atoms with Gasteiger partial charge in [-0.2, -0.15) is 0 Å². The standard InChI is InChI=1S/C28H23N3O/c1-2-6-22(7-3-1)20-32-26-16-14-25(15-17-26)30-24-12-10-21(11-13-24)18-28-29-19-23-8-4-5-9-27(23)31-28/h1-17,19,30H,18,20H2. The molecule has 0 amide bonds. The van der Waals surface area contributed by atoms with E-state index >= 15 is 0 Å². The number of anilines is 2. The maximum atomic E-state index is 5.86. The van der Waals surface area contributed by atoms with Crippen molar-refractivity contribution >= 4 is 22.3 Å². The Bertz CT molecular complexity index is 1300.